The SMILES string of the molecule is CC1CN(CC2CN(C(=O)c3cccc4cnccc34)CC2CO)CC(C)O1. The number of amides is 1. The second-order valence-electron chi connectivity index (χ2n) is 8.29. The lowest BCUT2D eigenvalue weighted by atomic mass is 9.96. The summed E-state index contributed by atoms with van der Waals surface area (Å²) in [6.45, 7) is 8.32. The summed E-state index contributed by atoms with van der Waals surface area (Å²) >= 11 is 0. The number of pyridine rings is 1. The van der Waals surface area contributed by atoms with Crippen LogP contribution in [0.15, 0.2) is 36.7 Å². The van der Waals surface area contributed by atoms with Gasteiger partial charge in [0.05, 0.1) is 12.2 Å². The van der Waals surface area contributed by atoms with Gasteiger partial charge in [0, 0.05) is 68.6 Å². The highest BCUT2D eigenvalue weighted by Gasteiger charge is 2.37. The molecule has 0 aliphatic carbocycles. The molecule has 4 atom stereocenters. The summed E-state index contributed by atoms with van der Waals surface area (Å²) in [7, 11) is 0. The average Bonchev–Trinajstić information content (AvgIpc) is 3.09. The van der Waals surface area contributed by atoms with Crippen molar-refractivity contribution >= 4 is 16.7 Å². The van der Waals surface area contributed by atoms with Crippen molar-refractivity contribution in [1.82, 2.24) is 14.8 Å². The predicted molar refractivity (Wildman–Crippen MR) is 108 cm³/mol. The lowest BCUT2D eigenvalue weighted by Gasteiger charge is -2.37. The maximum Gasteiger partial charge on any atom is 0.254 e. The number of fused-ring (bicyclic) bond motifs is 1. The first-order chi connectivity index (χ1) is 13.5. The molecule has 0 saturated carbocycles. The van der Waals surface area contributed by atoms with E-state index < -0.39 is 0 Å². The van der Waals surface area contributed by atoms with Gasteiger partial charge in [-0.2, -0.15) is 0 Å². The van der Waals surface area contributed by atoms with E-state index >= 15 is 0 Å². The molecule has 1 aromatic heterocycles. The van der Waals surface area contributed by atoms with Gasteiger partial charge >= 0.3 is 0 Å². The number of ether oxygens (including phenoxy) is 1. The van der Waals surface area contributed by atoms with Gasteiger partial charge in [-0.25, -0.2) is 0 Å². The van der Waals surface area contributed by atoms with Crippen LogP contribution in [0.25, 0.3) is 10.8 Å². The summed E-state index contributed by atoms with van der Waals surface area (Å²) < 4.78 is 5.83. The van der Waals surface area contributed by atoms with Crippen molar-refractivity contribution in [2.75, 3.05) is 39.3 Å². The third-order valence-electron chi connectivity index (χ3n) is 6.00. The Bertz CT molecular complexity index is 827. The second kappa shape index (κ2) is 8.15. The maximum atomic E-state index is 13.3. The summed E-state index contributed by atoms with van der Waals surface area (Å²) in [4.78, 5) is 21.7. The maximum absolute atomic E-state index is 13.3. The third-order valence-corrected chi connectivity index (χ3v) is 6.00. The highest BCUT2D eigenvalue weighted by atomic mass is 16.5. The first-order valence-electron chi connectivity index (χ1n) is 10.2. The highest BCUT2D eigenvalue weighted by Crippen LogP contribution is 2.28. The van der Waals surface area contributed by atoms with E-state index in [1.54, 1.807) is 12.4 Å². The van der Waals surface area contributed by atoms with Gasteiger partial charge in [0.15, 0.2) is 0 Å². The fraction of sp³-hybridized carbons (Fsp3) is 0.545. The molecule has 0 radical (unpaired) electrons. The molecule has 1 aromatic carbocycles. The lowest BCUT2D eigenvalue weighted by Crippen LogP contribution is -2.48. The van der Waals surface area contributed by atoms with Gasteiger partial charge in [0.25, 0.3) is 5.91 Å². The molecule has 3 heterocycles. The zero-order chi connectivity index (χ0) is 19.7. The van der Waals surface area contributed by atoms with Crippen LogP contribution in [0.1, 0.15) is 24.2 Å². The van der Waals surface area contributed by atoms with Gasteiger partial charge in [-0.15, -0.1) is 0 Å². The number of nitrogens with zero attached hydrogens (tertiary/aromatic N) is 3. The van der Waals surface area contributed by atoms with Crippen molar-refractivity contribution in [3.8, 4) is 0 Å². The molecular formula is C22H29N3O3. The van der Waals surface area contributed by atoms with Crippen LogP contribution in [0.5, 0.6) is 0 Å². The van der Waals surface area contributed by atoms with Gasteiger partial charge < -0.3 is 14.7 Å². The summed E-state index contributed by atoms with van der Waals surface area (Å²) in [5.41, 5.74) is 0.714. The van der Waals surface area contributed by atoms with Crippen LogP contribution in [-0.2, 0) is 4.74 Å². The molecule has 28 heavy (non-hydrogen) atoms. The molecule has 6 nitrogen and oxygen atoms in total. The Hall–Kier alpha value is -2.02. The van der Waals surface area contributed by atoms with E-state index in [-0.39, 0.29) is 36.6 Å². The molecule has 2 aliphatic heterocycles. The van der Waals surface area contributed by atoms with Crippen LogP contribution in [0, 0.1) is 11.8 Å². The number of aliphatic hydroxyl groups is 1. The number of aromatic nitrogens is 1. The number of carbonyl (C=O) groups excluding carboxylic acids is 1. The van der Waals surface area contributed by atoms with E-state index in [0.717, 1.165) is 30.4 Å². The minimum absolute atomic E-state index is 0.0430. The zero-order valence-electron chi connectivity index (χ0n) is 16.6. The third kappa shape index (κ3) is 3.90. The molecule has 2 aliphatic rings. The van der Waals surface area contributed by atoms with Gasteiger partial charge in [0.2, 0.25) is 0 Å². The van der Waals surface area contributed by atoms with E-state index in [0.29, 0.717) is 18.7 Å². The smallest absolute Gasteiger partial charge is 0.254 e. The normalized spacial score (nSPS) is 28.8. The molecular weight excluding hydrogens is 354 g/mol. The Balaban J connectivity index is 1.49. The number of rotatable bonds is 4. The molecule has 2 aromatic rings. The van der Waals surface area contributed by atoms with Crippen molar-refractivity contribution in [3.63, 3.8) is 0 Å². The Morgan fingerprint density at radius 1 is 1.14 bits per heavy atom. The number of aliphatic hydroxyl groups excluding tert-OH is 1. The van der Waals surface area contributed by atoms with Crippen LogP contribution in [0.3, 0.4) is 0 Å². The molecule has 1 N–H and O–H groups in total. The molecule has 4 rings (SSSR count). The fourth-order valence-corrected chi connectivity index (χ4v) is 4.76. The van der Waals surface area contributed by atoms with Crippen LogP contribution < -0.4 is 0 Å². The predicted octanol–water partition coefficient (Wildman–Crippen LogP) is 2.02. The highest BCUT2D eigenvalue weighted by molar-refractivity contribution is 6.06. The molecule has 4 unspecified atom stereocenters. The van der Waals surface area contributed by atoms with Gasteiger partial charge in [-0.05, 0) is 37.3 Å². The van der Waals surface area contributed by atoms with Crippen molar-refractivity contribution in [3.05, 3.63) is 42.2 Å². The Morgan fingerprint density at radius 2 is 1.89 bits per heavy atom. The number of hydrogen-bond acceptors (Lipinski definition) is 5. The van der Waals surface area contributed by atoms with E-state index in [9.17, 15) is 9.90 Å². The number of carbonyl (C=O) groups is 1. The lowest BCUT2D eigenvalue weighted by molar-refractivity contribution is -0.0726. The summed E-state index contributed by atoms with van der Waals surface area (Å²) in [6.07, 6.45) is 3.96. The Kier molecular flexibility index (Phi) is 5.62. The molecule has 1 amide bonds. The molecule has 0 spiro atoms. The summed E-state index contributed by atoms with van der Waals surface area (Å²) in [5, 5.41) is 11.8. The van der Waals surface area contributed by atoms with Crippen molar-refractivity contribution in [2.24, 2.45) is 11.8 Å². The first kappa shape index (κ1) is 19.3. The number of benzene rings is 1. The van der Waals surface area contributed by atoms with Crippen LogP contribution in [0.2, 0.25) is 0 Å². The summed E-state index contributed by atoms with van der Waals surface area (Å²) in [6, 6.07) is 7.67. The van der Waals surface area contributed by atoms with Crippen LogP contribution in [0.4, 0.5) is 0 Å². The number of hydrogen-bond donors (Lipinski definition) is 1. The number of morpholine rings is 1. The quantitative estimate of drug-likeness (QED) is 0.875. The Labute approximate surface area is 166 Å². The van der Waals surface area contributed by atoms with Crippen LogP contribution in [-0.4, -0.2) is 77.3 Å². The van der Waals surface area contributed by atoms with E-state index in [4.69, 9.17) is 4.74 Å². The van der Waals surface area contributed by atoms with Crippen molar-refractivity contribution < 1.29 is 14.6 Å². The van der Waals surface area contributed by atoms with Gasteiger partial charge in [-0.3, -0.25) is 14.7 Å². The van der Waals surface area contributed by atoms with E-state index in [1.165, 1.54) is 0 Å². The monoisotopic (exact) mass is 383 g/mol. The second-order valence-corrected chi connectivity index (χ2v) is 8.29. The average molecular weight is 383 g/mol. The van der Waals surface area contributed by atoms with E-state index in [1.807, 2.05) is 29.2 Å². The minimum Gasteiger partial charge on any atom is -0.396 e. The van der Waals surface area contributed by atoms with Crippen LogP contribution >= 0.6 is 0 Å². The van der Waals surface area contributed by atoms with Gasteiger partial charge in [0.1, 0.15) is 0 Å². The topological polar surface area (TPSA) is 65.9 Å². The fourth-order valence-electron chi connectivity index (χ4n) is 4.76. The van der Waals surface area contributed by atoms with Crippen molar-refractivity contribution in [2.45, 2.75) is 26.1 Å². The minimum atomic E-state index is 0.0430. The van der Waals surface area contributed by atoms with Gasteiger partial charge in [-0.1, -0.05) is 12.1 Å². The van der Waals surface area contributed by atoms with Crippen molar-refractivity contribution in [1.29, 1.82) is 0 Å². The molecule has 0 bridgehead atoms. The first-order valence-corrected chi connectivity index (χ1v) is 10.2. The summed E-state index contributed by atoms with van der Waals surface area (Å²) in [5.74, 6) is 0.443. The zero-order valence-corrected chi connectivity index (χ0v) is 16.6. The molecule has 150 valence electrons. The van der Waals surface area contributed by atoms with E-state index in [2.05, 4.69) is 23.7 Å². The molecule has 2 saturated heterocycles. The molecule has 2 fully saturated rings. The number of likely N-dealkylation sites (tertiary alicyclic amines) is 1. The largest absolute Gasteiger partial charge is 0.396 e. The molecule has 6 heteroatoms. The Morgan fingerprint density at radius 3 is 2.64 bits per heavy atom. The standard InChI is InChI=1S/C22H29N3O3/c1-15-9-24(10-16(2)28-15)11-18-12-25(13-19(18)14-26)22(27)21-5-3-4-17-8-23-7-6-20(17)21/h3-8,15-16,18-19,26H,9-14H2,1-2H3.